The van der Waals surface area contributed by atoms with Crippen LogP contribution in [0, 0.1) is 0 Å². The molecule has 4 nitrogen and oxygen atoms in total. The average molecular weight is 237 g/mol. The van der Waals surface area contributed by atoms with Gasteiger partial charge < -0.3 is 21.9 Å². The number of hydrogen-bond acceptors (Lipinski definition) is 3. The fourth-order valence-corrected chi connectivity index (χ4v) is 0. The Morgan fingerprint density at radius 3 is 0.500 bits per heavy atom. The van der Waals surface area contributed by atoms with Crippen LogP contribution < -0.4 is 154 Å². The van der Waals surface area contributed by atoms with Crippen molar-refractivity contribution in [1.82, 2.24) is 0 Å². The van der Waals surface area contributed by atoms with E-state index in [1.54, 1.807) is 0 Å². The molecule has 0 atom stereocenters. The second-order valence-corrected chi connectivity index (χ2v) is 0. The molecule has 0 heterocycles. The number of rotatable bonds is 0. The zero-order valence-corrected chi connectivity index (χ0v) is 16.1. The van der Waals surface area contributed by atoms with Crippen LogP contribution in [0.4, 0.5) is 0 Å². The summed E-state index contributed by atoms with van der Waals surface area (Å²) in [5, 5.41) is 0. The fourth-order valence-electron chi connectivity index (χ4n) is 0. The zero-order chi connectivity index (χ0) is 0. The normalized spacial score (nSPS) is 0. The summed E-state index contributed by atoms with van der Waals surface area (Å²) >= 11 is 0. The Kier molecular flexibility index (Phi) is 496. The molecule has 0 unspecified atom stereocenters. The summed E-state index contributed by atoms with van der Waals surface area (Å²) in [4.78, 5) is 0. The molecule has 0 fully saturated rings. The van der Waals surface area contributed by atoms with Gasteiger partial charge in [0.05, 0.1) is 0 Å². The van der Waals surface area contributed by atoms with Crippen molar-refractivity contribution in [2.24, 2.45) is 0 Å². The molecule has 5 N–H and O–H groups in total. The minimum atomic E-state index is 0. The monoisotopic (exact) mass is 237 g/mol. The Balaban J connectivity index is 0. The summed E-state index contributed by atoms with van der Waals surface area (Å²) in [5.74, 6) is 0. The van der Waals surface area contributed by atoms with Crippen LogP contribution >= 0.6 is 0 Å². The van der Waals surface area contributed by atoms with Gasteiger partial charge in [0, 0.05) is 18.6 Å². The molecular formula is H5K3O4V. The largest absolute Gasteiger partial charge is 1.00 e. The van der Waals surface area contributed by atoms with Crippen molar-refractivity contribution >= 4 is 0 Å². The van der Waals surface area contributed by atoms with E-state index in [0.29, 0.717) is 0 Å². The van der Waals surface area contributed by atoms with E-state index in [4.69, 9.17) is 0 Å². The van der Waals surface area contributed by atoms with Crippen molar-refractivity contribution in [3.05, 3.63) is 0 Å². The minimum Gasteiger partial charge on any atom is -0.870 e. The fraction of sp³-hybridized carbons (Fsp3) is 0. The van der Waals surface area contributed by atoms with Crippen LogP contribution in [0.25, 0.3) is 0 Å². The molecule has 0 saturated carbocycles. The molecule has 0 aliphatic rings. The van der Waals surface area contributed by atoms with Gasteiger partial charge in [0.2, 0.25) is 0 Å². The molecule has 0 spiro atoms. The van der Waals surface area contributed by atoms with Crippen LogP contribution in [0.15, 0.2) is 0 Å². The predicted molar refractivity (Wildman–Crippen MR) is 9.42 cm³/mol. The molecule has 0 amide bonds. The van der Waals surface area contributed by atoms with E-state index in [1.807, 2.05) is 0 Å². The first kappa shape index (κ1) is 71.3. The van der Waals surface area contributed by atoms with Gasteiger partial charge in [0.25, 0.3) is 0 Å². The maximum Gasteiger partial charge on any atom is 1.00 e. The van der Waals surface area contributed by atoms with E-state index in [1.165, 1.54) is 0 Å². The quantitative estimate of drug-likeness (QED) is 0.389. The van der Waals surface area contributed by atoms with Crippen molar-refractivity contribution in [3.8, 4) is 0 Å². The van der Waals surface area contributed by atoms with Crippen LogP contribution in [0.2, 0.25) is 0 Å². The van der Waals surface area contributed by atoms with Gasteiger partial charge in [-0.15, -0.1) is 0 Å². The van der Waals surface area contributed by atoms with E-state index in [0.717, 1.165) is 0 Å². The molecule has 0 saturated heterocycles. The van der Waals surface area contributed by atoms with E-state index in [9.17, 15) is 0 Å². The Bertz CT molecular complexity index is 11.2. The van der Waals surface area contributed by atoms with E-state index in [-0.39, 0.29) is 195 Å². The molecule has 37 valence electrons. The summed E-state index contributed by atoms with van der Waals surface area (Å²) in [5.41, 5.74) is 0. The second kappa shape index (κ2) is 55.7. The molecule has 0 aliphatic carbocycles. The SMILES string of the molecule is O.[K+].[K+].[K+].[OH-].[OH-].[OH-].[V]. The zero-order valence-electron chi connectivity index (χ0n) is 5.29. The Morgan fingerprint density at radius 1 is 0.500 bits per heavy atom. The van der Waals surface area contributed by atoms with Gasteiger partial charge in [-0.1, -0.05) is 0 Å². The first-order valence-corrected chi connectivity index (χ1v) is 0. The maximum absolute atomic E-state index is 0. The number of hydrogen-bond donors (Lipinski definition) is 0. The summed E-state index contributed by atoms with van der Waals surface area (Å²) in [7, 11) is 0. The first-order valence-electron chi connectivity index (χ1n) is 0. The molecule has 0 bridgehead atoms. The average Bonchev–Trinajstić information content (AvgIpc) is 0. The van der Waals surface area contributed by atoms with Gasteiger partial charge in [-0.3, -0.25) is 0 Å². The van der Waals surface area contributed by atoms with Gasteiger partial charge in [0.1, 0.15) is 0 Å². The third kappa shape index (κ3) is 42.5. The first-order chi connectivity index (χ1) is 0. The van der Waals surface area contributed by atoms with Gasteiger partial charge >= 0.3 is 154 Å². The van der Waals surface area contributed by atoms with Crippen molar-refractivity contribution in [3.63, 3.8) is 0 Å². The van der Waals surface area contributed by atoms with Crippen molar-refractivity contribution in [2.75, 3.05) is 0 Å². The minimum absolute atomic E-state index is 0. The van der Waals surface area contributed by atoms with Crippen LogP contribution in [0.5, 0.6) is 0 Å². The maximum atomic E-state index is 0. The van der Waals surface area contributed by atoms with Gasteiger partial charge in [-0.05, 0) is 0 Å². The van der Waals surface area contributed by atoms with E-state index >= 15 is 0 Å². The molecule has 0 aromatic rings. The molecule has 0 aromatic carbocycles. The van der Waals surface area contributed by atoms with Crippen LogP contribution in [-0.2, 0) is 18.6 Å². The van der Waals surface area contributed by atoms with Crippen LogP contribution in [-0.4, -0.2) is 21.9 Å². The smallest absolute Gasteiger partial charge is 0.870 e. The van der Waals surface area contributed by atoms with Crippen LogP contribution in [0.1, 0.15) is 0 Å². The van der Waals surface area contributed by atoms with E-state index in [2.05, 4.69) is 0 Å². The molecule has 0 aliphatic heterocycles. The van der Waals surface area contributed by atoms with Gasteiger partial charge in [0.15, 0.2) is 0 Å². The molecule has 8 heavy (non-hydrogen) atoms. The van der Waals surface area contributed by atoms with Crippen molar-refractivity contribution in [2.45, 2.75) is 0 Å². The standard InChI is InChI=1S/3K.4H2O.V/h;;;4*1H2;/q3*+1;;;;;/p-3. The summed E-state index contributed by atoms with van der Waals surface area (Å²) in [6.45, 7) is 0. The summed E-state index contributed by atoms with van der Waals surface area (Å²) in [6.07, 6.45) is 0. The molecule has 1 radical (unpaired) electrons. The third-order valence-electron chi connectivity index (χ3n) is 0. The Labute approximate surface area is 188 Å². The molecule has 0 rings (SSSR count). The topological polar surface area (TPSA) is 122 Å². The van der Waals surface area contributed by atoms with Gasteiger partial charge in [-0.25, -0.2) is 0 Å². The summed E-state index contributed by atoms with van der Waals surface area (Å²) < 4.78 is 0. The van der Waals surface area contributed by atoms with Crippen molar-refractivity contribution < 1.29 is 195 Å². The van der Waals surface area contributed by atoms with Gasteiger partial charge in [-0.2, -0.15) is 0 Å². The van der Waals surface area contributed by atoms with Crippen LogP contribution in [0.3, 0.4) is 0 Å². The molecular weight excluding hydrogens is 232 g/mol. The van der Waals surface area contributed by atoms with Crippen molar-refractivity contribution in [1.29, 1.82) is 0 Å². The van der Waals surface area contributed by atoms with E-state index < -0.39 is 0 Å². The Hall–Kier alpha value is 5.33. The molecule has 0 aromatic heterocycles. The summed E-state index contributed by atoms with van der Waals surface area (Å²) in [6, 6.07) is 0. The second-order valence-electron chi connectivity index (χ2n) is 0. The molecule has 8 heteroatoms. The third-order valence-corrected chi connectivity index (χ3v) is 0. The Morgan fingerprint density at radius 2 is 0.500 bits per heavy atom. The predicted octanol–water partition coefficient (Wildman–Crippen LogP) is -10.3.